The molecule has 1 atom stereocenters. The van der Waals surface area contributed by atoms with E-state index in [0.717, 1.165) is 5.56 Å². The van der Waals surface area contributed by atoms with E-state index < -0.39 is 6.04 Å². The van der Waals surface area contributed by atoms with Gasteiger partial charge in [0.1, 0.15) is 11.8 Å². The number of furan rings is 1. The first-order chi connectivity index (χ1) is 10.6. The molecule has 6 heteroatoms. The third kappa shape index (κ3) is 4.46. The van der Waals surface area contributed by atoms with Gasteiger partial charge >= 0.3 is 0 Å². The van der Waals surface area contributed by atoms with Crippen molar-refractivity contribution in [2.45, 2.75) is 19.4 Å². The summed E-state index contributed by atoms with van der Waals surface area (Å²) in [5.74, 6) is 0.148. The first-order valence-corrected chi connectivity index (χ1v) is 6.88. The molecule has 1 heterocycles. The lowest BCUT2D eigenvalue weighted by atomic mass is 10.1. The van der Waals surface area contributed by atoms with Crippen LogP contribution < -0.4 is 10.6 Å². The molecule has 2 amide bonds. The first-order valence-electron chi connectivity index (χ1n) is 6.88. The summed E-state index contributed by atoms with van der Waals surface area (Å²) in [5.41, 5.74) is 1.49. The number of hydrogen-bond donors (Lipinski definition) is 3. The van der Waals surface area contributed by atoms with Crippen LogP contribution in [0.4, 0.5) is 5.69 Å². The number of aliphatic hydroxyl groups is 1. The third-order valence-electron chi connectivity index (χ3n) is 3.04. The minimum Gasteiger partial charge on any atom is -0.467 e. The zero-order chi connectivity index (χ0) is 15.9. The topological polar surface area (TPSA) is 91.6 Å². The van der Waals surface area contributed by atoms with Crippen LogP contribution in [-0.2, 0) is 16.0 Å². The lowest BCUT2D eigenvalue weighted by Gasteiger charge is -2.14. The van der Waals surface area contributed by atoms with Gasteiger partial charge in [-0.15, -0.1) is 0 Å². The second-order valence-electron chi connectivity index (χ2n) is 4.87. The maximum atomic E-state index is 12.0. The summed E-state index contributed by atoms with van der Waals surface area (Å²) < 4.78 is 5.18. The molecule has 0 aliphatic heterocycles. The molecule has 1 unspecified atom stereocenters. The van der Waals surface area contributed by atoms with Crippen LogP contribution in [0.5, 0.6) is 0 Å². The molecule has 0 aliphatic rings. The summed E-state index contributed by atoms with van der Waals surface area (Å²) >= 11 is 0. The zero-order valence-electron chi connectivity index (χ0n) is 12.2. The Morgan fingerprint density at radius 1 is 1.23 bits per heavy atom. The third-order valence-corrected chi connectivity index (χ3v) is 3.04. The average Bonchev–Trinajstić information content (AvgIpc) is 3.00. The van der Waals surface area contributed by atoms with Crippen molar-refractivity contribution < 1.29 is 19.1 Å². The lowest BCUT2D eigenvalue weighted by molar-refractivity contribution is -0.121. The molecule has 22 heavy (non-hydrogen) atoms. The fourth-order valence-electron chi connectivity index (χ4n) is 2.04. The number of carbonyl (C=O) groups is 2. The highest BCUT2D eigenvalue weighted by molar-refractivity contribution is 5.88. The average molecular weight is 302 g/mol. The number of amides is 2. The van der Waals surface area contributed by atoms with E-state index in [1.165, 1.54) is 13.2 Å². The van der Waals surface area contributed by atoms with Crippen LogP contribution in [-0.4, -0.2) is 23.5 Å². The molecule has 2 aromatic rings. The van der Waals surface area contributed by atoms with Crippen LogP contribution >= 0.6 is 0 Å². The van der Waals surface area contributed by atoms with Crippen molar-refractivity contribution in [1.29, 1.82) is 0 Å². The first kappa shape index (κ1) is 15.8. The minimum atomic E-state index is -0.554. The van der Waals surface area contributed by atoms with Crippen LogP contribution in [0.15, 0.2) is 47.1 Å². The van der Waals surface area contributed by atoms with Gasteiger partial charge in [-0.3, -0.25) is 9.59 Å². The quantitative estimate of drug-likeness (QED) is 0.756. The normalized spacial score (nSPS) is 11.7. The monoisotopic (exact) mass is 302 g/mol. The van der Waals surface area contributed by atoms with Crippen molar-refractivity contribution in [3.8, 4) is 0 Å². The number of benzene rings is 1. The molecule has 116 valence electrons. The van der Waals surface area contributed by atoms with E-state index in [1.54, 1.807) is 36.4 Å². The molecule has 1 aromatic carbocycles. The SMILES string of the molecule is CC(=O)Nc1ccc(CC(=O)NC(CO)c2ccco2)cc1. The number of rotatable bonds is 6. The zero-order valence-corrected chi connectivity index (χ0v) is 12.2. The van der Waals surface area contributed by atoms with Gasteiger partial charge in [0.15, 0.2) is 0 Å². The van der Waals surface area contributed by atoms with E-state index >= 15 is 0 Å². The Hall–Kier alpha value is -2.60. The Kier molecular flexibility index (Phi) is 5.32. The largest absolute Gasteiger partial charge is 0.467 e. The number of nitrogens with one attached hydrogen (secondary N) is 2. The second-order valence-corrected chi connectivity index (χ2v) is 4.87. The summed E-state index contributed by atoms with van der Waals surface area (Å²) in [7, 11) is 0. The number of hydrogen-bond acceptors (Lipinski definition) is 4. The fourth-order valence-corrected chi connectivity index (χ4v) is 2.04. The van der Waals surface area contributed by atoms with Gasteiger partial charge in [-0.1, -0.05) is 12.1 Å². The molecule has 0 saturated carbocycles. The smallest absolute Gasteiger partial charge is 0.225 e. The van der Waals surface area contributed by atoms with E-state index in [-0.39, 0.29) is 24.8 Å². The van der Waals surface area contributed by atoms with Crippen LogP contribution in [0, 0.1) is 0 Å². The Labute approximate surface area is 128 Å². The Balaban J connectivity index is 1.92. The molecule has 2 rings (SSSR count). The molecule has 0 radical (unpaired) electrons. The predicted octanol–water partition coefficient (Wildman–Crippen LogP) is 1.63. The molecule has 0 bridgehead atoms. The van der Waals surface area contributed by atoms with Crippen molar-refractivity contribution in [3.05, 3.63) is 54.0 Å². The van der Waals surface area contributed by atoms with Crippen molar-refractivity contribution >= 4 is 17.5 Å². The van der Waals surface area contributed by atoms with Crippen molar-refractivity contribution in [2.24, 2.45) is 0 Å². The highest BCUT2D eigenvalue weighted by atomic mass is 16.3. The number of anilines is 1. The molecule has 0 fully saturated rings. The number of carbonyl (C=O) groups excluding carboxylic acids is 2. The van der Waals surface area contributed by atoms with Gasteiger partial charge in [0.25, 0.3) is 0 Å². The standard InChI is InChI=1S/C16H18N2O4/c1-11(20)17-13-6-4-12(5-7-13)9-16(21)18-14(10-19)15-3-2-8-22-15/h2-8,14,19H,9-10H2,1H3,(H,17,20)(H,18,21). The molecule has 0 aliphatic carbocycles. The summed E-state index contributed by atoms with van der Waals surface area (Å²) in [6, 6.07) is 9.85. The molecule has 1 aromatic heterocycles. The van der Waals surface area contributed by atoms with Crippen LogP contribution in [0.3, 0.4) is 0 Å². The van der Waals surface area contributed by atoms with Crippen LogP contribution in [0.25, 0.3) is 0 Å². The molecule has 0 saturated heterocycles. The molecule has 0 spiro atoms. The Morgan fingerprint density at radius 3 is 2.50 bits per heavy atom. The van der Waals surface area contributed by atoms with E-state index in [0.29, 0.717) is 11.4 Å². The van der Waals surface area contributed by atoms with Gasteiger partial charge in [0.2, 0.25) is 11.8 Å². The summed E-state index contributed by atoms with van der Waals surface area (Å²) in [5, 5.41) is 14.7. The van der Waals surface area contributed by atoms with Crippen LogP contribution in [0.2, 0.25) is 0 Å². The van der Waals surface area contributed by atoms with E-state index in [4.69, 9.17) is 4.42 Å². The molecule has 3 N–H and O–H groups in total. The van der Waals surface area contributed by atoms with Crippen LogP contribution in [0.1, 0.15) is 24.3 Å². The van der Waals surface area contributed by atoms with Crippen molar-refractivity contribution in [2.75, 3.05) is 11.9 Å². The van der Waals surface area contributed by atoms with Gasteiger partial charge in [-0.05, 0) is 29.8 Å². The van der Waals surface area contributed by atoms with Crippen molar-refractivity contribution in [1.82, 2.24) is 5.32 Å². The highest BCUT2D eigenvalue weighted by Crippen LogP contribution is 2.14. The summed E-state index contributed by atoms with van der Waals surface area (Å²) in [4.78, 5) is 22.9. The predicted molar refractivity (Wildman–Crippen MR) is 81.1 cm³/mol. The van der Waals surface area contributed by atoms with E-state index in [2.05, 4.69) is 10.6 Å². The molecular weight excluding hydrogens is 284 g/mol. The summed E-state index contributed by atoms with van der Waals surface area (Å²) in [6.07, 6.45) is 1.67. The maximum Gasteiger partial charge on any atom is 0.225 e. The summed E-state index contributed by atoms with van der Waals surface area (Å²) in [6.45, 7) is 1.20. The molecule has 6 nitrogen and oxygen atoms in total. The van der Waals surface area contributed by atoms with Crippen molar-refractivity contribution in [3.63, 3.8) is 0 Å². The van der Waals surface area contributed by atoms with E-state index in [1.807, 2.05) is 0 Å². The molecular formula is C16H18N2O4. The fraction of sp³-hybridized carbons (Fsp3) is 0.250. The lowest BCUT2D eigenvalue weighted by Crippen LogP contribution is -2.31. The van der Waals surface area contributed by atoms with E-state index in [9.17, 15) is 14.7 Å². The second kappa shape index (κ2) is 7.42. The van der Waals surface area contributed by atoms with Gasteiger partial charge < -0.3 is 20.2 Å². The van der Waals surface area contributed by atoms with Gasteiger partial charge in [0.05, 0.1) is 19.3 Å². The maximum absolute atomic E-state index is 12.0. The van der Waals surface area contributed by atoms with Gasteiger partial charge in [-0.25, -0.2) is 0 Å². The Bertz CT molecular complexity index is 620. The van der Waals surface area contributed by atoms with Gasteiger partial charge in [-0.2, -0.15) is 0 Å². The Morgan fingerprint density at radius 2 is 1.95 bits per heavy atom. The minimum absolute atomic E-state index is 0.144. The highest BCUT2D eigenvalue weighted by Gasteiger charge is 2.16. The number of aliphatic hydroxyl groups excluding tert-OH is 1. The van der Waals surface area contributed by atoms with Gasteiger partial charge in [0, 0.05) is 12.6 Å².